The number of carbonyl (C=O) groups excluding carboxylic acids is 1. The van der Waals surface area contributed by atoms with Gasteiger partial charge in [-0.25, -0.2) is 9.97 Å². The topological polar surface area (TPSA) is 83.6 Å². The zero-order valence-corrected chi connectivity index (χ0v) is 11.6. The number of carbonyl (C=O) groups is 1. The first kappa shape index (κ1) is 12.7. The fraction of sp³-hybridized carbons (Fsp3) is 0.455. The van der Waals surface area contributed by atoms with E-state index in [-0.39, 0.29) is 17.6 Å². The maximum atomic E-state index is 11.9. The summed E-state index contributed by atoms with van der Waals surface area (Å²) in [6, 6.07) is 0. The average Bonchev–Trinajstić information content (AvgIpc) is 2.87. The van der Waals surface area contributed by atoms with Crippen LogP contribution < -0.4 is 5.32 Å². The van der Waals surface area contributed by atoms with Crippen molar-refractivity contribution >= 4 is 22.4 Å². The SMILES string of the molecule is Cc1nc(NC(=O)c2n[nH]c(C(C)C)n2)sc1C. The van der Waals surface area contributed by atoms with Gasteiger partial charge in [0.15, 0.2) is 5.13 Å². The number of hydrogen-bond donors (Lipinski definition) is 2. The molecule has 0 radical (unpaired) electrons. The summed E-state index contributed by atoms with van der Waals surface area (Å²) in [5, 5.41) is 9.91. The van der Waals surface area contributed by atoms with Gasteiger partial charge < -0.3 is 0 Å². The van der Waals surface area contributed by atoms with Gasteiger partial charge in [-0.15, -0.1) is 16.4 Å². The number of H-pyrrole nitrogens is 1. The number of aromatic nitrogens is 4. The van der Waals surface area contributed by atoms with Gasteiger partial charge in [-0.3, -0.25) is 15.2 Å². The van der Waals surface area contributed by atoms with Gasteiger partial charge in [-0.1, -0.05) is 13.8 Å². The van der Waals surface area contributed by atoms with Crippen LogP contribution >= 0.6 is 11.3 Å². The molecule has 2 heterocycles. The second-order valence-corrected chi connectivity index (χ2v) is 5.52. The Morgan fingerprint density at radius 3 is 2.56 bits per heavy atom. The molecule has 0 aromatic carbocycles. The van der Waals surface area contributed by atoms with Crippen LogP contribution in [0.2, 0.25) is 0 Å². The number of nitrogens with one attached hydrogen (secondary N) is 2. The molecule has 0 bridgehead atoms. The lowest BCUT2D eigenvalue weighted by molar-refractivity contribution is 0.101. The number of aryl methyl sites for hydroxylation is 2. The fourth-order valence-corrected chi connectivity index (χ4v) is 2.12. The summed E-state index contributed by atoms with van der Waals surface area (Å²) in [5.74, 6) is 0.714. The third kappa shape index (κ3) is 2.56. The van der Waals surface area contributed by atoms with Crippen LogP contribution in [0.1, 0.15) is 46.8 Å². The lowest BCUT2D eigenvalue weighted by Crippen LogP contribution is -2.13. The first-order valence-electron chi connectivity index (χ1n) is 5.65. The second kappa shape index (κ2) is 4.85. The summed E-state index contributed by atoms with van der Waals surface area (Å²) in [6.07, 6.45) is 0. The molecule has 0 aliphatic carbocycles. The fourth-order valence-electron chi connectivity index (χ4n) is 1.31. The van der Waals surface area contributed by atoms with Crippen LogP contribution in [0.25, 0.3) is 0 Å². The maximum Gasteiger partial charge on any atom is 0.297 e. The Morgan fingerprint density at radius 2 is 2.06 bits per heavy atom. The molecule has 2 rings (SSSR count). The first-order chi connectivity index (χ1) is 8.47. The molecule has 0 aliphatic heterocycles. The molecule has 1 amide bonds. The van der Waals surface area contributed by atoms with E-state index < -0.39 is 0 Å². The molecule has 18 heavy (non-hydrogen) atoms. The molecule has 2 aromatic heterocycles. The van der Waals surface area contributed by atoms with Crippen LogP contribution in [0, 0.1) is 13.8 Å². The number of amides is 1. The molecule has 0 saturated heterocycles. The lowest BCUT2D eigenvalue weighted by atomic mass is 10.2. The second-order valence-electron chi connectivity index (χ2n) is 4.31. The zero-order valence-electron chi connectivity index (χ0n) is 10.7. The third-order valence-electron chi connectivity index (χ3n) is 2.50. The van der Waals surface area contributed by atoms with E-state index in [0.717, 1.165) is 10.6 Å². The summed E-state index contributed by atoms with van der Waals surface area (Å²) in [5.41, 5.74) is 0.924. The summed E-state index contributed by atoms with van der Waals surface area (Å²) >= 11 is 1.44. The van der Waals surface area contributed by atoms with Crippen LogP contribution in [0.15, 0.2) is 0 Å². The average molecular weight is 265 g/mol. The summed E-state index contributed by atoms with van der Waals surface area (Å²) in [6.45, 7) is 7.84. The summed E-state index contributed by atoms with van der Waals surface area (Å²) in [4.78, 5) is 21.3. The maximum absolute atomic E-state index is 11.9. The quantitative estimate of drug-likeness (QED) is 0.891. The van der Waals surface area contributed by atoms with Crippen molar-refractivity contribution in [3.8, 4) is 0 Å². The third-order valence-corrected chi connectivity index (χ3v) is 3.49. The Bertz CT molecular complexity index is 552. The van der Waals surface area contributed by atoms with E-state index in [9.17, 15) is 4.79 Å². The van der Waals surface area contributed by atoms with E-state index in [0.29, 0.717) is 11.0 Å². The van der Waals surface area contributed by atoms with Crippen molar-refractivity contribution in [3.63, 3.8) is 0 Å². The molecule has 0 saturated carbocycles. The Hall–Kier alpha value is -1.76. The number of nitrogens with zero attached hydrogens (tertiary/aromatic N) is 3. The van der Waals surface area contributed by atoms with Crippen LogP contribution in [-0.4, -0.2) is 26.1 Å². The summed E-state index contributed by atoms with van der Waals surface area (Å²) < 4.78 is 0. The van der Waals surface area contributed by atoms with E-state index in [4.69, 9.17) is 0 Å². The molecular formula is C11H15N5OS. The van der Waals surface area contributed by atoms with Crippen LogP contribution in [0.3, 0.4) is 0 Å². The van der Waals surface area contributed by atoms with Crippen molar-refractivity contribution in [3.05, 3.63) is 22.2 Å². The van der Waals surface area contributed by atoms with Gasteiger partial charge in [-0.2, -0.15) is 0 Å². The van der Waals surface area contributed by atoms with E-state index in [1.54, 1.807) is 0 Å². The van der Waals surface area contributed by atoms with Gasteiger partial charge in [0.2, 0.25) is 5.82 Å². The molecule has 2 N–H and O–H groups in total. The standard InChI is InChI=1S/C11H15N5OS/c1-5(2)8-13-9(16-15-8)10(17)14-11-12-6(3)7(4)18-11/h5H,1-4H3,(H,12,14,17)(H,13,15,16). The Kier molecular flexibility index (Phi) is 3.42. The first-order valence-corrected chi connectivity index (χ1v) is 6.46. The van der Waals surface area contributed by atoms with E-state index in [1.807, 2.05) is 27.7 Å². The van der Waals surface area contributed by atoms with Crippen molar-refractivity contribution < 1.29 is 4.79 Å². The molecule has 0 unspecified atom stereocenters. The zero-order chi connectivity index (χ0) is 13.3. The smallest absolute Gasteiger partial charge is 0.295 e. The Morgan fingerprint density at radius 1 is 1.33 bits per heavy atom. The molecule has 0 atom stereocenters. The minimum Gasteiger partial charge on any atom is -0.295 e. The molecular weight excluding hydrogens is 250 g/mol. The lowest BCUT2D eigenvalue weighted by Gasteiger charge is -1.96. The van der Waals surface area contributed by atoms with Gasteiger partial charge in [-0.05, 0) is 13.8 Å². The number of hydrogen-bond acceptors (Lipinski definition) is 5. The van der Waals surface area contributed by atoms with Gasteiger partial charge in [0.1, 0.15) is 5.82 Å². The van der Waals surface area contributed by atoms with Crippen LogP contribution in [0.5, 0.6) is 0 Å². The largest absolute Gasteiger partial charge is 0.297 e. The van der Waals surface area contributed by atoms with Crippen LogP contribution in [-0.2, 0) is 0 Å². The van der Waals surface area contributed by atoms with Crippen LogP contribution in [0.4, 0.5) is 5.13 Å². The van der Waals surface area contributed by atoms with E-state index in [1.165, 1.54) is 11.3 Å². The number of aromatic amines is 1. The monoisotopic (exact) mass is 265 g/mol. The van der Waals surface area contributed by atoms with Crippen molar-refractivity contribution in [1.29, 1.82) is 0 Å². The van der Waals surface area contributed by atoms with Gasteiger partial charge in [0.05, 0.1) is 5.69 Å². The Labute approximate surface area is 109 Å². The van der Waals surface area contributed by atoms with Crippen molar-refractivity contribution in [1.82, 2.24) is 20.2 Å². The highest BCUT2D eigenvalue weighted by molar-refractivity contribution is 7.15. The van der Waals surface area contributed by atoms with E-state index in [2.05, 4.69) is 25.5 Å². The van der Waals surface area contributed by atoms with Crippen molar-refractivity contribution in [2.45, 2.75) is 33.6 Å². The predicted molar refractivity (Wildman–Crippen MR) is 70.0 cm³/mol. The highest BCUT2D eigenvalue weighted by Gasteiger charge is 2.15. The number of anilines is 1. The molecule has 6 nitrogen and oxygen atoms in total. The molecule has 0 spiro atoms. The molecule has 2 aromatic rings. The van der Waals surface area contributed by atoms with E-state index >= 15 is 0 Å². The minimum atomic E-state index is -0.341. The van der Waals surface area contributed by atoms with Gasteiger partial charge >= 0.3 is 0 Å². The normalized spacial score (nSPS) is 10.9. The molecule has 96 valence electrons. The number of rotatable bonds is 3. The van der Waals surface area contributed by atoms with Crippen molar-refractivity contribution in [2.24, 2.45) is 0 Å². The highest BCUT2D eigenvalue weighted by atomic mass is 32.1. The highest BCUT2D eigenvalue weighted by Crippen LogP contribution is 2.21. The molecule has 0 fully saturated rings. The molecule has 0 aliphatic rings. The number of thiazole rings is 1. The molecule has 7 heteroatoms. The van der Waals surface area contributed by atoms with Gasteiger partial charge in [0.25, 0.3) is 5.91 Å². The summed E-state index contributed by atoms with van der Waals surface area (Å²) in [7, 11) is 0. The van der Waals surface area contributed by atoms with Gasteiger partial charge in [0, 0.05) is 10.8 Å². The predicted octanol–water partition coefficient (Wildman–Crippen LogP) is 2.25. The minimum absolute atomic E-state index is 0.143. The van der Waals surface area contributed by atoms with Crippen molar-refractivity contribution in [2.75, 3.05) is 5.32 Å². The Balaban J connectivity index is 2.11.